The zero-order chi connectivity index (χ0) is 29.3. The minimum Gasteiger partial charge on any atom is -0.503 e. The van der Waals surface area contributed by atoms with E-state index in [4.69, 9.17) is 14.3 Å². The van der Waals surface area contributed by atoms with E-state index >= 15 is 0 Å². The Morgan fingerprint density at radius 2 is 1.70 bits per heavy atom. The summed E-state index contributed by atoms with van der Waals surface area (Å²) in [6.07, 6.45) is 4.89. The van der Waals surface area contributed by atoms with Gasteiger partial charge in [0.15, 0.2) is 0 Å². The molecule has 7 rings (SSSR count). The van der Waals surface area contributed by atoms with Gasteiger partial charge in [-0.25, -0.2) is 14.7 Å². The van der Waals surface area contributed by atoms with E-state index in [1.54, 1.807) is 16.4 Å². The minimum atomic E-state index is -0.724. The number of aryl methyl sites for hydroxylation is 1. The summed E-state index contributed by atoms with van der Waals surface area (Å²) in [5.74, 6) is 1.40. The van der Waals surface area contributed by atoms with Gasteiger partial charge in [0.05, 0.1) is 17.3 Å². The molecule has 0 aliphatic carbocycles. The lowest BCUT2D eigenvalue weighted by molar-refractivity contribution is 0.414. The van der Waals surface area contributed by atoms with Gasteiger partial charge in [0.1, 0.15) is 21.6 Å². The van der Waals surface area contributed by atoms with Crippen LogP contribution in [0.4, 0.5) is 0 Å². The van der Waals surface area contributed by atoms with Crippen LogP contribution in [0, 0.1) is 0 Å². The van der Waals surface area contributed by atoms with Gasteiger partial charge in [0.2, 0.25) is 5.16 Å². The Kier molecular flexibility index (Phi) is 7.37. The van der Waals surface area contributed by atoms with Gasteiger partial charge in [-0.05, 0) is 76.2 Å². The standard InChI is InChI=1S/C29H26BN9O2S2/c1-4-19-18-31-35-37(2)28(19)43-26-17-15-22(39(26)30-40-23-12-8-9-13-24(23)41-30)27(20-10-6-5-7-11-20)21-14-16-25(32-21)42-29-33-34-36-38(29)3/h5-17H,4,18H2,1-3H3. The molecule has 2 aromatic carbocycles. The molecule has 14 heteroatoms. The molecule has 0 atom stereocenters. The monoisotopic (exact) mass is 607 g/mol. The number of thioether (sulfide) groups is 2. The van der Waals surface area contributed by atoms with Crippen molar-refractivity contribution in [3.05, 3.63) is 106 Å². The summed E-state index contributed by atoms with van der Waals surface area (Å²) in [5, 5.41) is 25.7. The first-order chi connectivity index (χ1) is 21.1. The van der Waals surface area contributed by atoms with Crippen molar-refractivity contribution >= 4 is 41.4 Å². The van der Waals surface area contributed by atoms with E-state index in [2.05, 4.69) is 61.5 Å². The third-order valence-electron chi connectivity index (χ3n) is 7.05. The van der Waals surface area contributed by atoms with Crippen LogP contribution in [0.5, 0.6) is 11.5 Å². The van der Waals surface area contributed by atoms with Crippen LogP contribution in [0.3, 0.4) is 0 Å². The molecule has 3 aliphatic heterocycles. The number of aromatic nitrogens is 5. The number of aliphatic imine (C=N–C) groups is 1. The van der Waals surface area contributed by atoms with Crippen LogP contribution in [0.1, 0.15) is 24.6 Å². The van der Waals surface area contributed by atoms with E-state index < -0.39 is 7.25 Å². The van der Waals surface area contributed by atoms with E-state index in [9.17, 15) is 0 Å². The summed E-state index contributed by atoms with van der Waals surface area (Å²) in [4.78, 5) is 5.02. The molecule has 2 aromatic heterocycles. The first-order valence-corrected chi connectivity index (χ1v) is 15.3. The number of tetrazole rings is 1. The molecule has 0 N–H and O–H groups in total. The Bertz CT molecular complexity index is 1820. The number of rotatable bonds is 7. The van der Waals surface area contributed by atoms with Crippen LogP contribution in [-0.4, -0.2) is 55.6 Å². The van der Waals surface area contributed by atoms with Crippen LogP contribution in [0.2, 0.25) is 0 Å². The first-order valence-electron chi connectivity index (χ1n) is 13.7. The third kappa shape index (κ3) is 5.27. The molecular weight excluding hydrogens is 581 g/mol. The lowest BCUT2D eigenvalue weighted by atomic mass is 9.98. The molecule has 5 heterocycles. The molecule has 0 spiro atoms. The lowest BCUT2D eigenvalue weighted by Gasteiger charge is -2.24. The molecule has 43 heavy (non-hydrogen) atoms. The average Bonchev–Trinajstić information content (AvgIpc) is 3.83. The van der Waals surface area contributed by atoms with E-state index in [1.807, 2.05) is 73.7 Å². The normalized spacial score (nSPS) is 16.9. The molecule has 0 saturated heterocycles. The summed E-state index contributed by atoms with van der Waals surface area (Å²) in [5.41, 5.74) is 4.90. The highest BCUT2D eigenvalue weighted by Crippen LogP contribution is 2.42. The zero-order valence-electron chi connectivity index (χ0n) is 23.7. The Morgan fingerprint density at radius 3 is 2.42 bits per heavy atom. The van der Waals surface area contributed by atoms with Gasteiger partial charge in [-0.1, -0.05) is 66.4 Å². The van der Waals surface area contributed by atoms with Crippen molar-refractivity contribution in [3.63, 3.8) is 0 Å². The highest BCUT2D eigenvalue weighted by molar-refractivity contribution is 8.14. The van der Waals surface area contributed by atoms with Crippen LogP contribution in [-0.2, 0) is 7.05 Å². The van der Waals surface area contributed by atoms with Gasteiger partial charge in [-0.2, -0.15) is 5.11 Å². The van der Waals surface area contributed by atoms with E-state index in [-0.39, 0.29) is 0 Å². The van der Waals surface area contributed by atoms with Crippen molar-refractivity contribution in [1.29, 1.82) is 0 Å². The molecule has 214 valence electrons. The first kappa shape index (κ1) is 27.3. The average molecular weight is 608 g/mol. The maximum absolute atomic E-state index is 6.41. The molecule has 0 amide bonds. The number of allylic oxidation sites excluding steroid dienone is 1. The number of hydrogen-bond acceptors (Lipinski definition) is 11. The molecule has 0 saturated carbocycles. The molecule has 4 aromatic rings. The summed E-state index contributed by atoms with van der Waals surface area (Å²) < 4.78 is 16.5. The SMILES string of the molecule is CCC1=C(Sc2ccc(C(=C3C=CC(Sc4nnnn4C)=N3)c3ccccc3)n2B2Oc3ccccc3O2)N(C)N=NC1. The zero-order valence-corrected chi connectivity index (χ0v) is 25.3. The van der Waals surface area contributed by atoms with Gasteiger partial charge in [-0.15, -0.1) is 5.10 Å². The van der Waals surface area contributed by atoms with Gasteiger partial charge in [-0.3, -0.25) is 0 Å². The molecular formula is C29H26BN9O2S2. The number of benzene rings is 2. The van der Waals surface area contributed by atoms with Crippen LogP contribution < -0.4 is 9.31 Å². The van der Waals surface area contributed by atoms with Crippen molar-refractivity contribution < 1.29 is 9.31 Å². The van der Waals surface area contributed by atoms with E-state index in [1.165, 1.54) is 17.3 Å². The molecule has 3 aliphatic rings. The van der Waals surface area contributed by atoms with Gasteiger partial charge >= 0.3 is 7.25 Å². The number of para-hydroxylation sites is 2. The second-order valence-corrected chi connectivity index (χ2v) is 11.8. The highest BCUT2D eigenvalue weighted by Gasteiger charge is 2.40. The van der Waals surface area contributed by atoms with E-state index in [0.29, 0.717) is 23.2 Å². The minimum absolute atomic E-state index is 0.582. The van der Waals surface area contributed by atoms with Crippen LogP contribution in [0.15, 0.2) is 121 Å². The largest absolute Gasteiger partial charge is 0.743 e. The Hall–Kier alpha value is -4.56. The molecule has 0 fully saturated rings. The molecule has 0 bridgehead atoms. The van der Waals surface area contributed by atoms with Gasteiger partial charge < -0.3 is 13.8 Å². The molecule has 11 nitrogen and oxygen atoms in total. The quantitative estimate of drug-likeness (QED) is 0.241. The van der Waals surface area contributed by atoms with Gasteiger partial charge in [0.25, 0.3) is 0 Å². The summed E-state index contributed by atoms with van der Waals surface area (Å²) in [6.45, 7) is 2.73. The topological polar surface area (TPSA) is 107 Å². The Morgan fingerprint density at radius 1 is 0.930 bits per heavy atom. The predicted octanol–water partition coefficient (Wildman–Crippen LogP) is 5.86. The van der Waals surface area contributed by atoms with Crippen LogP contribution in [0.25, 0.3) is 5.57 Å². The lowest BCUT2D eigenvalue weighted by Crippen LogP contribution is -2.36. The second-order valence-electron chi connectivity index (χ2n) is 9.79. The smallest absolute Gasteiger partial charge is 0.503 e. The highest BCUT2D eigenvalue weighted by atomic mass is 32.2. The molecule has 0 unspecified atom stereocenters. The fourth-order valence-corrected chi connectivity index (χ4v) is 6.80. The molecule has 0 radical (unpaired) electrons. The van der Waals surface area contributed by atoms with Crippen molar-refractivity contribution in [2.24, 2.45) is 22.4 Å². The number of fused-ring (bicyclic) bond motifs is 1. The maximum Gasteiger partial charge on any atom is 0.743 e. The van der Waals surface area contributed by atoms with Crippen molar-refractivity contribution in [2.45, 2.75) is 23.5 Å². The van der Waals surface area contributed by atoms with Crippen molar-refractivity contribution in [1.82, 2.24) is 29.7 Å². The fourth-order valence-electron chi connectivity index (χ4n) is 4.95. The van der Waals surface area contributed by atoms with E-state index in [0.717, 1.165) is 44.0 Å². The maximum atomic E-state index is 6.41. The number of hydrogen-bond donors (Lipinski definition) is 0. The predicted molar refractivity (Wildman–Crippen MR) is 168 cm³/mol. The Labute approximate surface area is 257 Å². The summed E-state index contributed by atoms with van der Waals surface area (Å²) in [7, 11) is 3.01. The van der Waals surface area contributed by atoms with Crippen LogP contribution >= 0.6 is 23.5 Å². The second kappa shape index (κ2) is 11.6. The summed E-state index contributed by atoms with van der Waals surface area (Å²) in [6, 6.07) is 22.2. The van der Waals surface area contributed by atoms with Crippen molar-refractivity contribution in [3.8, 4) is 11.5 Å². The van der Waals surface area contributed by atoms with Crippen molar-refractivity contribution in [2.75, 3.05) is 13.6 Å². The summed E-state index contributed by atoms with van der Waals surface area (Å²) >= 11 is 3.04. The van der Waals surface area contributed by atoms with Gasteiger partial charge in [0, 0.05) is 25.4 Å². The number of nitrogens with zero attached hydrogens (tertiary/aromatic N) is 9. The fraction of sp³-hybridized carbons (Fsp3) is 0.172. The Balaban J connectivity index is 1.37. The third-order valence-corrected chi connectivity index (χ3v) is 9.30.